The number of ether oxygens (including phenoxy) is 1. The summed E-state index contributed by atoms with van der Waals surface area (Å²) >= 11 is 0. The van der Waals surface area contributed by atoms with Gasteiger partial charge in [-0.1, -0.05) is 74.9 Å². The Morgan fingerprint density at radius 1 is 0.870 bits per heavy atom. The number of carbonyl (C=O) groups excluding carboxylic acids is 1. The van der Waals surface area contributed by atoms with Gasteiger partial charge in [0.05, 0.1) is 0 Å². The molecule has 2 aromatic rings. The van der Waals surface area contributed by atoms with E-state index in [2.05, 4.69) is 5.32 Å². The summed E-state index contributed by atoms with van der Waals surface area (Å²) in [5.41, 5.74) is 0. The Labute approximate surface area is 138 Å². The normalized spacial score (nSPS) is 12.7. The van der Waals surface area contributed by atoms with Crippen LogP contribution in [-0.4, -0.2) is 13.1 Å². The summed E-state index contributed by atoms with van der Waals surface area (Å²) in [6.45, 7) is 0. The van der Waals surface area contributed by atoms with E-state index in [-0.39, 0.29) is 12.3 Å². The fourth-order valence-electron chi connectivity index (χ4n) is 2.50. The van der Waals surface area contributed by atoms with Gasteiger partial charge in [0.25, 0.3) is 0 Å². The van der Waals surface area contributed by atoms with Crippen LogP contribution in [0.2, 0.25) is 0 Å². The van der Waals surface area contributed by atoms with Gasteiger partial charge >= 0.3 is 6.09 Å². The quantitative estimate of drug-likeness (QED) is 0.669. The fraction of sp³-hybridized carbons (Fsp3) is 0.389. The molecule has 0 unspecified atom stereocenters. The number of nitrogens with one attached hydrogen (secondary N) is 1. The zero-order chi connectivity index (χ0) is 14.9. The molecule has 5 nitrogen and oxygen atoms in total. The number of rotatable bonds is 1. The zero-order valence-electron chi connectivity index (χ0n) is 14.0. The summed E-state index contributed by atoms with van der Waals surface area (Å²) < 4.78 is 5.13. The van der Waals surface area contributed by atoms with Crippen LogP contribution in [0, 0.1) is 0 Å². The minimum absolute atomic E-state index is 0. The van der Waals surface area contributed by atoms with E-state index in [1.54, 1.807) is 6.07 Å². The van der Waals surface area contributed by atoms with Crippen LogP contribution in [-0.2, 0) is 0 Å². The molecule has 1 aliphatic rings. The van der Waals surface area contributed by atoms with Crippen molar-refractivity contribution in [1.29, 1.82) is 0 Å². The van der Waals surface area contributed by atoms with Crippen LogP contribution in [0.1, 0.15) is 38.5 Å². The third kappa shape index (κ3) is 6.67. The highest BCUT2D eigenvalue weighted by atomic mass is 16.6. The van der Waals surface area contributed by atoms with Gasteiger partial charge in [-0.2, -0.15) is 0 Å². The van der Waals surface area contributed by atoms with Crippen molar-refractivity contribution in [2.24, 2.45) is 0 Å². The largest absolute Gasteiger partial charge is 0.412 e. The number of hydrogen-bond donors (Lipinski definition) is 3. The first-order chi connectivity index (χ1) is 10.3. The molecule has 0 aromatic heterocycles. The van der Waals surface area contributed by atoms with Crippen LogP contribution in [0.5, 0.6) is 5.75 Å². The number of amides is 1. The number of benzene rings is 2. The van der Waals surface area contributed by atoms with Gasteiger partial charge in [0, 0.05) is 12.4 Å². The summed E-state index contributed by atoms with van der Waals surface area (Å²) in [6.07, 6.45) is 8.55. The van der Waals surface area contributed by atoms with Crippen LogP contribution in [0.4, 0.5) is 4.79 Å². The lowest BCUT2D eigenvalue weighted by Crippen LogP contribution is -2.22. The third-order valence-corrected chi connectivity index (χ3v) is 3.66. The smallest absolute Gasteiger partial charge is 0.410 e. The maximum atomic E-state index is 11.1. The van der Waals surface area contributed by atoms with Crippen molar-refractivity contribution in [3.05, 3.63) is 42.5 Å². The summed E-state index contributed by atoms with van der Waals surface area (Å²) in [5, 5.41) is 4.41. The molecule has 7 N–H and O–H groups in total. The second-order valence-corrected chi connectivity index (χ2v) is 5.24. The Kier molecular flexibility index (Phi) is 10.4. The topological polar surface area (TPSA) is 108 Å². The molecular weight excluding hydrogens is 290 g/mol. The zero-order valence-corrected chi connectivity index (χ0v) is 14.0. The van der Waals surface area contributed by atoms with E-state index in [4.69, 9.17) is 4.74 Å². The van der Waals surface area contributed by atoms with Gasteiger partial charge in [-0.3, -0.25) is 0 Å². The third-order valence-electron chi connectivity index (χ3n) is 3.66. The van der Waals surface area contributed by atoms with Gasteiger partial charge in [-0.05, 0) is 11.5 Å². The Morgan fingerprint density at radius 3 is 1.96 bits per heavy atom. The molecule has 0 spiro atoms. The molecule has 0 heterocycles. The average Bonchev–Trinajstić information content (AvgIpc) is 2.57. The first-order valence-electron chi connectivity index (χ1n) is 7.68. The molecule has 1 aliphatic carbocycles. The maximum Gasteiger partial charge on any atom is 0.412 e. The maximum absolute atomic E-state index is 11.1. The highest BCUT2D eigenvalue weighted by Gasteiger charge is 2.04. The molecule has 1 saturated carbocycles. The van der Waals surface area contributed by atoms with Crippen molar-refractivity contribution in [3.8, 4) is 5.75 Å². The van der Waals surface area contributed by atoms with E-state index in [9.17, 15) is 4.79 Å². The van der Waals surface area contributed by atoms with E-state index >= 15 is 0 Å². The van der Waals surface area contributed by atoms with Gasteiger partial charge in [-0.25, -0.2) is 4.79 Å². The summed E-state index contributed by atoms with van der Waals surface area (Å²) in [6, 6.07) is 13.4. The standard InChI is InChI=1S/C12H11NO2.C6H12.2H3N/c1-13-12(14)15-11-8-4-6-9-5-2-3-7-10(9)11;1-2-4-6-5-3-1;;/h2-8H,1H3,(H,13,14);1-6H2;2*1H3. The van der Waals surface area contributed by atoms with Crippen molar-refractivity contribution >= 4 is 16.9 Å². The molecular formula is C18H29N3O2. The Hall–Kier alpha value is -2.11. The Balaban J connectivity index is 0.000000518. The molecule has 128 valence electrons. The van der Waals surface area contributed by atoms with Gasteiger partial charge in [-0.15, -0.1) is 0 Å². The number of fused-ring (bicyclic) bond motifs is 1. The summed E-state index contributed by atoms with van der Waals surface area (Å²) in [5.74, 6) is 0.576. The van der Waals surface area contributed by atoms with E-state index in [1.165, 1.54) is 45.6 Å². The molecule has 3 rings (SSSR count). The van der Waals surface area contributed by atoms with Crippen LogP contribution in [0.15, 0.2) is 42.5 Å². The first-order valence-corrected chi connectivity index (χ1v) is 7.68. The minimum atomic E-state index is -0.452. The first kappa shape index (κ1) is 20.9. The van der Waals surface area contributed by atoms with Crippen molar-refractivity contribution in [3.63, 3.8) is 0 Å². The van der Waals surface area contributed by atoms with E-state index < -0.39 is 6.09 Å². The van der Waals surface area contributed by atoms with E-state index in [0.717, 1.165) is 10.8 Å². The minimum Gasteiger partial charge on any atom is -0.410 e. The highest BCUT2D eigenvalue weighted by Crippen LogP contribution is 2.24. The molecule has 23 heavy (non-hydrogen) atoms. The van der Waals surface area contributed by atoms with Crippen molar-refractivity contribution in [1.82, 2.24) is 17.6 Å². The van der Waals surface area contributed by atoms with E-state index in [1.807, 2.05) is 36.4 Å². The lowest BCUT2D eigenvalue weighted by molar-refractivity contribution is 0.203. The molecule has 1 amide bonds. The monoisotopic (exact) mass is 319 g/mol. The summed E-state index contributed by atoms with van der Waals surface area (Å²) in [4.78, 5) is 11.1. The Bertz CT molecular complexity index is 566. The molecule has 0 bridgehead atoms. The van der Waals surface area contributed by atoms with Crippen LogP contribution in [0.3, 0.4) is 0 Å². The Morgan fingerprint density at radius 2 is 1.39 bits per heavy atom. The lowest BCUT2D eigenvalue weighted by Gasteiger charge is -2.06. The second-order valence-electron chi connectivity index (χ2n) is 5.24. The molecule has 5 heteroatoms. The average molecular weight is 319 g/mol. The predicted octanol–water partition coefficient (Wildman–Crippen LogP) is 5.22. The van der Waals surface area contributed by atoms with Gasteiger partial charge in [0.2, 0.25) is 0 Å². The molecule has 0 radical (unpaired) electrons. The van der Waals surface area contributed by atoms with Crippen LogP contribution in [0.25, 0.3) is 10.8 Å². The lowest BCUT2D eigenvalue weighted by atomic mass is 10.0. The van der Waals surface area contributed by atoms with Crippen molar-refractivity contribution in [2.45, 2.75) is 38.5 Å². The molecule has 0 atom stereocenters. The SMILES string of the molecule is C1CCCCC1.CNC(=O)Oc1cccc2ccccc12.N.N. The molecule has 1 fully saturated rings. The summed E-state index contributed by atoms with van der Waals surface area (Å²) in [7, 11) is 1.54. The second kappa shape index (κ2) is 11.5. The number of hydrogen-bond acceptors (Lipinski definition) is 4. The fourth-order valence-corrected chi connectivity index (χ4v) is 2.50. The highest BCUT2D eigenvalue weighted by molar-refractivity contribution is 5.90. The molecule has 0 aliphatic heterocycles. The van der Waals surface area contributed by atoms with Crippen molar-refractivity contribution in [2.75, 3.05) is 7.05 Å². The van der Waals surface area contributed by atoms with Gasteiger partial charge in [0.15, 0.2) is 0 Å². The number of carbonyl (C=O) groups is 1. The molecule has 2 aromatic carbocycles. The predicted molar refractivity (Wildman–Crippen MR) is 96.8 cm³/mol. The van der Waals surface area contributed by atoms with E-state index in [0.29, 0.717) is 5.75 Å². The molecule has 0 saturated heterocycles. The van der Waals surface area contributed by atoms with Gasteiger partial charge < -0.3 is 22.4 Å². The van der Waals surface area contributed by atoms with Crippen LogP contribution < -0.4 is 22.4 Å². The van der Waals surface area contributed by atoms with Crippen molar-refractivity contribution < 1.29 is 9.53 Å². The van der Waals surface area contributed by atoms with Gasteiger partial charge in [0.1, 0.15) is 5.75 Å². The van der Waals surface area contributed by atoms with Crippen LogP contribution >= 0.6 is 0 Å².